The molecule has 0 aliphatic carbocycles. The van der Waals surface area contributed by atoms with Gasteiger partial charge in [0.2, 0.25) is 0 Å². The molecule has 0 atom stereocenters. The van der Waals surface area contributed by atoms with E-state index in [9.17, 15) is 4.39 Å². The smallest absolute Gasteiger partial charge is 0.133 e. The lowest BCUT2D eigenvalue weighted by molar-refractivity contribution is 0.628. The van der Waals surface area contributed by atoms with Crippen LogP contribution in [0.15, 0.2) is 24.3 Å². The summed E-state index contributed by atoms with van der Waals surface area (Å²) in [4.78, 5) is 3.97. The van der Waals surface area contributed by atoms with Crippen LogP contribution in [0.1, 0.15) is 5.56 Å². The first kappa shape index (κ1) is 13.9. The molecular formula is C12H5Cl3FN3. The van der Waals surface area contributed by atoms with Crippen molar-refractivity contribution < 1.29 is 4.39 Å². The second-order valence-electron chi connectivity index (χ2n) is 3.55. The van der Waals surface area contributed by atoms with Crippen LogP contribution in [0, 0.1) is 17.1 Å². The molecule has 1 heterocycles. The predicted molar refractivity (Wildman–Crippen MR) is 73.7 cm³/mol. The van der Waals surface area contributed by atoms with Crippen molar-refractivity contribution in [3.05, 3.63) is 50.8 Å². The van der Waals surface area contributed by atoms with Gasteiger partial charge >= 0.3 is 0 Å². The summed E-state index contributed by atoms with van der Waals surface area (Å²) in [6.45, 7) is 0. The van der Waals surface area contributed by atoms with Gasteiger partial charge in [0, 0.05) is 0 Å². The number of nitrogens with zero attached hydrogens (tertiary/aromatic N) is 2. The van der Waals surface area contributed by atoms with Gasteiger partial charge in [0.15, 0.2) is 0 Å². The third-order valence-corrected chi connectivity index (χ3v) is 2.97. The van der Waals surface area contributed by atoms with Crippen LogP contribution in [0.5, 0.6) is 0 Å². The van der Waals surface area contributed by atoms with Crippen LogP contribution in [-0.4, -0.2) is 4.98 Å². The van der Waals surface area contributed by atoms with E-state index in [-0.39, 0.29) is 15.2 Å². The minimum Gasteiger partial charge on any atom is -0.338 e. The number of pyridine rings is 1. The van der Waals surface area contributed by atoms with Crippen molar-refractivity contribution in [2.75, 3.05) is 5.32 Å². The maximum atomic E-state index is 13.1. The lowest BCUT2D eigenvalue weighted by atomic mass is 10.2. The van der Waals surface area contributed by atoms with E-state index in [1.54, 1.807) is 0 Å². The zero-order valence-electron chi connectivity index (χ0n) is 9.22. The zero-order valence-corrected chi connectivity index (χ0v) is 11.5. The van der Waals surface area contributed by atoms with Gasteiger partial charge in [0.05, 0.1) is 27.4 Å². The van der Waals surface area contributed by atoms with Gasteiger partial charge in [-0.15, -0.1) is 0 Å². The summed E-state index contributed by atoms with van der Waals surface area (Å²) in [5.74, 6) is -0.253. The third-order valence-electron chi connectivity index (χ3n) is 2.18. The second-order valence-corrected chi connectivity index (χ2v) is 4.75. The number of halogens is 4. The van der Waals surface area contributed by atoms with E-state index in [0.29, 0.717) is 17.1 Å². The summed E-state index contributed by atoms with van der Waals surface area (Å²) >= 11 is 17.5. The number of aromatic nitrogens is 1. The Hall–Kier alpha value is -1.54. The van der Waals surface area contributed by atoms with Gasteiger partial charge in [-0.05, 0) is 24.3 Å². The first-order chi connectivity index (χ1) is 8.99. The highest BCUT2D eigenvalue weighted by atomic mass is 35.5. The molecule has 96 valence electrons. The Morgan fingerprint density at radius 2 is 1.74 bits per heavy atom. The molecule has 19 heavy (non-hydrogen) atoms. The van der Waals surface area contributed by atoms with E-state index in [0.717, 1.165) is 12.1 Å². The van der Waals surface area contributed by atoms with Crippen molar-refractivity contribution in [3.63, 3.8) is 0 Å². The molecule has 0 amide bonds. The normalized spacial score (nSPS) is 10.1. The number of nitriles is 1. The molecule has 0 radical (unpaired) electrons. The molecule has 0 saturated carbocycles. The molecule has 2 rings (SSSR count). The van der Waals surface area contributed by atoms with Crippen molar-refractivity contribution in [3.8, 4) is 6.07 Å². The van der Waals surface area contributed by atoms with Crippen molar-refractivity contribution >= 4 is 46.3 Å². The number of hydrogen-bond donors (Lipinski definition) is 1. The van der Waals surface area contributed by atoms with Crippen LogP contribution < -0.4 is 5.32 Å². The second kappa shape index (κ2) is 5.62. The molecule has 2 aromatic rings. The van der Waals surface area contributed by atoms with Crippen molar-refractivity contribution in [1.29, 1.82) is 5.26 Å². The highest BCUT2D eigenvalue weighted by Gasteiger charge is 2.10. The standard InChI is InChI=1S/C12H5Cl3FN3/c13-8-3-7(16)4-9(14)12(8)19-11-2-6(5-17)1-10(15)18-11/h1-4H,(H,18,19). The Morgan fingerprint density at radius 1 is 1.11 bits per heavy atom. The molecule has 0 aliphatic rings. The molecular weight excluding hydrogens is 312 g/mol. The minimum absolute atomic E-state index is 0.102. The summed E-state index contributed by atoms with van der Waals surface area (Å²) < 4.78 is 13.1. The van der Waals surface area contributed by atoms with Crippen molar-refractivity contribution in [2.45, 2.75) is 0 Å². The van der Waals surface area contributed by atoms with Crippen molar-refractivity contribution in [1.82, 2.24) is 4.98 Å². The molecule has 0 saturated heterocycles. The summed E-state index contributed by atoms with van der Waals surface area (Å²) in [5, 5.41) is 12.0. The van der Waals surface area contributed by atoms with E-state index < -0.39 is 5.82 Å². The molecule has 0 fully saturated rings. The molecule has 3 nitrogen and oxygen atoms in total. The number of rotatable bonds is 2. The minimum atomic E-state index is -0.544. The average Bonchev–Trinajstić information content (AvgIpc) is 2.33. The van der Waals surface area contributed by atoms with Gasteiger partial charge in [-0.1, -0.05) is 34.8 Å². The molecule has 0 unspecified atom stereocenters. The van der Waals surface area contributed by atoms with Gasteiger partial charge in [-0.3, -0.25) is 0 Å². The first-order valence-electron chi connectivity index (χ1n) is 4.99. The van der Waals surface area contributed by atoms with Crippen LogP contribution in [0.3, 0.4) is 0 Å². The summed E-state index contributed by atoms with van der Waals surface area (Å²) in [5.41, 5.74) is 0.625. The van der Waals surface area contributed by atoms with Crippen LogP contribution in [0.25, 0.3) is 0 Å². The van der Waals surface area contributed by atoms with E-state index in [1.165, 1.54) is 12.1 Å². The Morgan fingerprint density at radius 3 is 2.32 bits per heavy atom. The molecule has 0 aliphatic heterocycles. The fraction of sp³-hybridized carbons (Fsp3) is 0. The molecule has 1 aromatic heterocycles. The first-order valence-corrected chi connectivity index (χ1v) is 6.12. The highest BCUT2D eigenvalue weighted by molar-refractivity contribution is 6.39. The largest absolute Gasteiger partial charge is 0.338 e. The highest BCUT2D eigenvalue weighted by Crippen LogP contribution is 2.33. The average molecular weight is 317 g/mol. The molecule has 1 aromatic carbocycles. The molecule has 0 bridgehead atoms. The van der Waals surface area contributed by atoms with Gasteiger partial charge < -0.3 is 5.32 Å². The predicted octanol–water partition coefficient (Wildman–Crippen LogP) is 4.80. The Labute approximate surface area is 123 Å². The van der Waals surface area contributed by atoms with Gasteiger partial charge in [0.1, 0.15) is 16.8 Å². The number of hydrogen-bond acceptors (Lipinski definition) is 3. The maximum Gasteiger partial charge on any atom is 0.133 e. The fourth-order valence-corrected chi connectivity index (χ4v) is 2.18. The topological polar surface area (TPSA) is 48.7 Å². The van der Waals surface area contributed by atoms with Gasteiger partial charge in [-0.2, -0.15) is 5.26 Å². The molecule has 1 N–H and O–H groups in total. The van der Waals surface area contributed by atoms with Crippen LogP contribution in [0.2, 0.25) is 15.2 Å². The lowest BCUT2D eigenvalue weighted by Crippen LogP contribution is -1.97. The van der Waals surface area contributed by atoms with E-state index in [1.807, 2.05) is 6.07 Å². The fourth-order valence-electron chi connectivity index (χ4n) is 1.42. The van der Waals surface area contributed by atoms with E-state index >= 15 is 0 Å². The monoisotopic (exact) mass is 315 g/mol. The number of nitrogens with one attached hydrogen (secondary N) is 1. The summed E-state index contributed by atoms with van der Waals surface area (Å²) in [6.07, 6.45) is 0. The van der Waals surface area contributed by atoms with Crippen molar-refractivity contribution in [2.24, 2.45) is 0 Å². The number of anilines is 2. The quantitative estimate of drug-likeness (QED) is 0.810. The van der Waals surface area contributed by atoms with Crippen LogP contribution in [-0.2, 0) is 0 Å². The van der Waals surface area contributed by atoms with Gasteiger partial charge in [0.25, 0.3) is 0 Å². The van der Waals surface area contributed by atoms with E-state index in [4.69, 9.17) is 40.1 Å². The van der Waals surface area contributed by atoms with Crippen LogP contribution in [0.4, 0.5) is 15.9 Å². The Bertz CT molecular complexity index is 659. The number of benzene rings is 1. The van der Waals surface area contributed by atoms with Crippen LogP contribution >= 0.6 is 34.8 Å². The summed E-state index contributed by atoms with van der Waals surface area (Å²) in [6, 6.07) is 7.07. The SMILES string of the molecule is N#Cc1cc(Cl)nc(Nc2c(Cl)cc(F)cc2Cl)c1. The summed E-state index contributed by atoms with van der Waals surface area (Å²) in [7, 11) is 0. The third kappa shape index (κ3) is 3.27. The Balaban J connectivity index is 2.42. The maximum absolute atomic E-state index is 13.1. The van der Waals surface area contributed by atoms with Gasteiger partial charge in [-0.25, -0.2) is 9.37 Å². The Kier molecular flexibility index (Phi) is 4.11. The molecule has 0 spiro atoms. The van der Waals surface area contributed by atoms with E-state index in [2.05, 4.69) is 10.3 Å². The molecule has 7 heteroatoms. The lowest BCUT2D eigenvalue weighted by Gasteiger charge is -2.10. The zero-order chi connectivity index (χ0) is 14.0.